The number of carbonyl (C=O) groups is 1. The summed E-state index contributed by atoms with van der Waals surface area (Å²) in [6.45, 7) is 3.95. The highest BCUT2D eigenvalue weighted by Gasteiger charge is 2.21. The fourth-order valence-electron chi connectivity index (χ4n) is 4.00. The van der Waals surface area contributed by atoms with Crippen molar-refractivity contribution in [2.24, 2.45) is 0 Å². The lowest BCUT2D eigenvalue weighted by molar-refractivity contribution is 0.0474. The first-order valence-electron chi connectivity index (χ1n) is 10.3. The number of hydrogen-bond acceptors (Lipinski definition) is 4. The van der Waals surface area contributed by atoms with Crippen molar-refractivity contribution in [3.63, 3.8) is 0 Å². The molecule has 0 aliphatic carbocycles. The number of aromatic nitrogens is 1. The Balaban J connectivity index is 1.49. The van der Waals surface area contributed by atoms with E-state index in [1.54, 1.807) is 0 Å². The number of piperidine rings is 1. The Labute approximate surface area is 171 Å². The average molecular weight is 392 g/mol. The molecule has 0 spiro atoms. The summed E-state index contributed by atoms with van der Waals surface area (Å²) in [5.41, 5.74) is 3.27. The lowest BCUT2D eigenvalue weighted by Gasteiger charge is -2.32. The van der Waals surface area contributed by atoms with Crippen LogP contribution < -0.4 is 4.74 Å². The van der Waals surface area contributed by atoms with Gasteiger partial charge in [0.15, 0.2) is 0 Å². The van der Waals surface area contributed by atoms with Crippen LogP contribution in [0.15, 0.2) is 48.5 Å². The monoisotopic (exact) mass is 392 g/mol. The number of aryl methyl sites for hydroxylation is 1. The van der Waals surface area contributed by atoms with Gasteiger partial charge in [0.2, 0.25) is 0 Å². The molecule has 1 saturated heterocycles. The van der Waals surface area contributed by atoms with E-state index >= 15 is 0 Å². The van der Waals surface area contributed by atoms with Crippen LogP contribution in [0.25, 0.3) is 10.9 Å². The maximum Gasteiger partial charge on any atom is 0.340 e. The number of rotatable bonds is 6. The van der Waals surface area contributed by atoms with Crippen LogP contribution >= 0.6 is 0 Å². The highest BCUT2D eigenvalue weighted by atomic mass is 16.5. The first-order valence-corrected chi connectivity index (χ1v) is 10.3. The van der Waals surface area contributed by atoms with Gasteiger partial charge in [-0.05, 0) is 57.1 Å². The van der Waals surface area contributed by atoms with Gasteiger partial charge in [-0.25, -0.2) is 4.79 Å². The molecular formula is C24H28N2O3. The Hall–Kier alpha value is -2.79. The molecule has 1 fully saturated rings. The van der Waals surface area contributed by atoms with Gasteiger partial charge >= 0.3 is 5.97 Å². The lowest BCUT2D eigenvalue weighted by Crippen LogP contribution is -2.40. The van der Waals surface area contributed by atoms with Crippen molar-refractivity contribution in [2.75, 3.05) is 20.2 Å². The number of carbonyl (C=O) groups excluding carboxylic acids is 1. The van der Waals surface area contributed by atoms with Gasteiger partial charge in [-0.15, -0.1) is 0 Å². The van der Waals surface area contributed by atoms with Gasteiger partial charge in [0.05, 0.1) is 5.56 Å². The maximum atomic E-state index is 12.8. The second-order valence-electron chi connectivity index (χ2n) is 7.84. The molecule has 5 nitrogen and oxygen atoms in total. The van der Waals surface area contributed by atoms with Gasteiger partial charge in [0.25, 0.3) is 0 Å². The molecule has 152 valence electrons. The number of fused-ring (bicyclic) bond motifs is 1. The summed E-state index contributed by atoms with van der Waals surface area (Å²) in [4.78, 5) is 18.4. The number of benzene rings is 2. The summed E-state index contributed by atoms with van der Waals surface area (Å²) >= 11 is 0. The number of esters is 1. The molecule has 0 radical (unpaired) electrons. The van der Waals surface area contributed by atoms with Crippen LogP contribution in [0.2, 0.25) is 0 Å². The highest BCUT2D eigenvalue weighted by molar-refractivity contribution is 6.05. The molecule has 5 heteroatoms. The maximum absolute atomic E-state index is 12.8. The summed E-state index contributed by atoms with van der Waals surface area (Å²) < 4.78 is 11.7. The standard InChI is InChI=1S/C24H28N2O3/c1-17-23(24(27)29-15-18-8-4-3-5-9-18)21-14-20(11-12-22(21)25-17)28-16-19-10-6-7-13-26(19)2/h3-5,8-9,11-12,14,19,25H,6-7,10,13,15-16H2,1-2H3. The molecular weight excluding hydrogens is 364 g/mol. The SMILES string of the molecule is Cc1[nH]c2ccc(OCC3CCCCN3C)cc2c1C(=O)OCc1ccccc1. The van der Waals surface area contributed by atoms with E-state index in [0.29, 0.717) is 18.2 Å². The number of H-pyrrole nitrogens is 1. The average Bonchev–Trinajstić information content (AvgIpc) is 3.07. The third-order valence-corrected chi connectivity index (χ3v) is 5.74. The predicted octanol–water partition coefficient (Wildman–Crippen LogP) is 4.70. The summed E-state index contributed by atoms with van der Waals surface area (Å²) in [6, 6.07) is 16.0. The fraction of sp³-hybridized carbons (Fsp3) is 0.375. The topological polar surface area (TPSA) is 54.6 Å². The normalized spacial score (nSPS) is 17.4. The zero-order valence-electron chi connectivity index (χ0n) is 17.1. The van der Waals surface area contributed by atoms with Crippen molar-refractivity contribution >= 4 is 16.9 Å². The lowest BCUT2D eigenvalue weighted by atomic mass is 10.0. The van der Waals surface area contributed by atoms with E-state index in [1.165, 1.54) is 19.3 Å². The van der Waals surface area contributed by atoms with Gasteiger partial charge < -0.3 is 19.4 Å². The number of likely N-dealkylation sites (N-methyl/N-ethyl adjacent to an activating group) is 1. The van der Waals surface area contributed by atoms with Crippen molar-refractivity contribution in [3.05, 3.63) is 65.4 Å². The van der Waals surface area contributed by atoms with E-state index in [4.69, 9.17) is 9.47 Å². The molecule has 0 bridgehead atoms. The van der Waals surface area contributed by atoms with Crippen LogP contribution in [0.4, 0.5) is 0 Å². The van der Waals surface area contributed by atoms with Crippen LogP contribution in [0.5, 0.6) is 5.75 Å². The molecule has 1 aliphatic rings. The molecule has 1 N–H and O–H groups in total. The first-order chi connectivity index (χ1) is 14.1. The van der Waals surface area contributed by atoms with Gasteiger partial charge in [-0.1, -0.05) is 36.8 Å². The molecule has 1 unspecified atom stereocenters. The Morgan fingerprint density at radius 2 is 2.00 bits per heavy atom. The Morgan fingerprint density at radius 3 is 2.79 bits per heavy atom. The van der Waals surface area contributed by atoms with E-state index < -0.39 is 0 Å². The number of nitrogens with zero attached hydrogens (tertiary/aromatic N) is 1. The van der Waals surface area contributed by atoms with Crippen molar-refractivity contribution in [1.29, 1.82) is 0 Å². The molecule has 4 rings (SSSR count). The zero-order chi connectivity index (χ0) is 20.2. The fourth-order valence-corrected chi connectivity index (χ4v) is 4.00. The van der Waals surface area contributed by atoms with Gasteiger partial charge in [-0.2, -0.15) is 0 Å². The second kappa shape index (κ2) is 8.70. The van der Waals surface area contributed by atoms with Crippen LogP contribution in [-0.4, -0.2) is 42.1 Å². The van der Waals surface area contributed by atoms with Crippen molar-refractivity contribution < 1.29 is 14.3 Å². The van der Waals surface area contributed by atoms with Gasteiger partial charge in [0, 0.05) is 22.6 Å². The number of likely N-dealkylation sites (tertiary alicyclic amines) is 1. The molecule has 3 aromatic rings. The number of aromatic amines is 1. The minimum Gasteiger partial charge on any atom is -0.492 e. The van der Waals surface area contributed by atoms with Crippen LogP contribution in [0.3, 0.4) is 0 Å². The first kappa shape index (κ1) is 19.5. The van der Waals surface area contributed by atoms with Crippen LogP contribution in [0, 0.1) is 6.92 Å². The minimum absolute atomic E-state index is 0.260. The molecule has 1 aliphatic heterocycles. The third-order valence-electron chi connectivity index (χ3n) is 5.74. The summed E-state index contributed by atoms with van der Waals surface area (Å²) in [7, 11) is 2.16. The summed E-state index contributed by atoms with van der Waals surface area (Å²) in [6.07, 6.45) is 3.68. The van der Waals surface area contributed by atoms with E-state index in [2.05, 4.69) is 16.9 Å². The van der Waals surface area contributed by atoms with Crippen molar-refractivity contribution in [3.8, 4) is 5.75 Å². The van der Waals surface area contributed by atoms with Crippen molar-refractivity contribution in [2.45, 2.75) is 38.8 Å². The molecule has 29 heavy (non-hydrogen) atoms. The molecule has 0 saturated carbocycles. The Kier molecular flexibility index (Phi) is 5.86. The smallest absolute Gasteiger partial charge is 0.340 e. The molecule has 1 aromatic heterocycles. The van der Waals surface area contributed by atoms with E-state index in [0.717, 1.165) is 34.5 Å². The molecule has 2 heterocycles. The number of hydrogen-bond donors (Lipinski definition) is 1. The van der Waals surface area contributed by atoms with Crippen LogP contribution in [-0.2, 0) is 11.3 Å². The third kappa shape index (κ3) is 4.46. The van der Waals surface area contributed by atoms with E-state index in [-0.39, 0.29) is 12.6 Å². The predicted molar refractivity (Wildman–Crippen MR) is 114 cm³/mol. The minimum atomic E-state index is -0.318. The number of nitrogens with one attached hydrogen (secondary N) is 1. The quantitative estimate of drug-likeness (QED) is 0.618. The second-order valence-corrected chi connectivity index (χ2v) is 7.84. The molecule has 1 atom stereocenters. The van der Waals surface area contributed by atoms with E-state index in [1.807, 2.05) is 55.5 Å². The molecule has 0 amide bonds. The number of ether oxygens (including phenoxy) is 2. The van der Waals surface area contributed by atoms with Gasteiger partial charge in [-0.3, -0.25) is 0 Å². The van der Waals surface area contributed by atoms with Crippen molar-refractivity contribution in [1.82, 2.24) is 9.88 Å². The molecule has 2 aromatic carbocycles. The summed E-state index contributed by atoms with van der Waals surface area (Å²) in [5, 5.41) is 0.843. The highest BCUT2D eigenvalue weighted by Crippen LogP contribution is 2.28. The zero-order valence-corrected chi connectivity index (χ0v) is 17.1. The van der Waals surface area contributed by atoms with E-state index in [9.17, 15) is 4.79 Å². The summed E-state index contributed by atoms with van der Waals surface area (Å²) in [5.74, 6) is 0.467. The van der Waals surface area contributed by atoms with Crippen LogP contribution in [0.1, 0.15) is 40.9 Å². The Morgan fingerprint density at radius 1 is 1.17 bits per heavy atom. The Bertz CT molecular complexity index is 980. The van der Waals surface area contributed by atoms with Gasteiger partial charge in [0.1, 0.15) is 19.0 Å². The largest absolute Gasteiger partial charge is 0.492 e.